The van der Waals surface area contributed by atoms with Crippen LogP contribution in [0.15, 0.2) is 29.0 Å². The molecule has 2 heterocycles. The van der Waals surface area contributed by atoms with Gasteiger partial charge in [-0.1, -0.05) is 12.1 Å². The van der Waals surface area contributed by atoms with Crippen LogP contribution in [-0.2, 0) is 13.0 Å². The van der Waals surface area contributed by atoms with Crippen LogP contribution in [0.25, 0.3) is 11.3 Å². The van der Waals surface area contributed by atoms with Crippen molar-refractivity contribution < 1.29 is 4.39 Å². The van der Waals surface area contributed by atoms with E-state index in [1.165, 1.54) is 12.5 Å². The Morgan fingerprint density at radius 2 is 2.06 bits per heavy atom. The minimum Gasteiger partial charge on any atom is -0.322 e. The van der Waals surface area contributed by atoms with Crippen LogP contribution in [0.2, 0.25) is 0 Å². The van der Waals surface area contributed by atoms with E-state index in [1.54, 1.807) is 12.1 Å². The number of benzene rings is 1. The zero-order chi connectivity index (χ0) is 11.8. The number of nitrogens with zero attached hydrogens (tertiary/aromatic N) is 2. The van der Waals surface area contributed by atoms with Crippen LogP contribution < -0.4 is 0 Å². The molecule has 0 unspecified atom stereocenters. The van der Waals surface area contributed by atoms with E-state index in [2.05, 4.69) is 25.5 Å². The molecular weight excluding hydrogens is 283 g/mol. The average molecular weight is 295 g/mol. The van der Waals surface area contributed by atoms with Gasteiger partial charge in [-0.15, -0.1) is 0 Å². The first-order valence-electron chi connectivity index (χ1n) is 5.77. The highest BCUT2D eigenvalue weighted by atomic mass is 79.9. The summed E-state index contributed by atoms with van der Waals surface area (Å²) in [6.45, 7) is 0.970. The van der Waals surface area contributed by atoms with Crippen LogP contribution in [0.1, 0.15) is 18.5 Å². The van der Waals surface area contributed by atoms with Crippen molar-refractivity contribution >= 4 is 15.9 Å². The summed E-state index contributed by atoms with van der Waals surface area (Å²) in [5.74, 6) is -0.202. The van der Waals surface area contributed by atoms with Crippen molar-refractivity contribution in [1.29, 1.82) is 0 Å². The molecule has 3 rings (SSSR count). The van der Waals surface area contributed by atoms with E-state index < -0.39 is 0 Å². The van der Waals surface area contributed by atoms with Gasteiger partial charge < -0.3 is 4.57 Å². The number of rotatable bonds is 1. The van der Waals surface area contributed by atoms with E-state index in [-0.39, 0.29) is 5.82 Å². The first kappa shape index (κ1) is 11.0. The van der Waals surface area contributed by atoms with E-state index in [1.807, 2.05) is 6.07 Å². The Labute approximate surface area is 108 Å². The monoisotopic (exact) mass is 294 g/mol. The van der Waals surface area contributed by atoms with Gasteiger partial charge in [-0.25, -0.2) is 9.37 Å². The summed E-state index contributed by atoms with van der Waals surface area (Å²) in [6.07, 6.45) is 3.29. The molecular formula is C13H12BrFN2. The number of halogens is 2. The number of imidazole rings is 1. The summed E-state index contributed by atoms with van der Waals surface area (Å²) < 4.78 is 16.7. The fourth-order valence-corrected chi connectivity index (χ4v) is 2.94. The van der Waals surface area contributed by atoms with Crippen LogP contribution in [-0.4, -0.2) is 9.55 Å². The average Bonchev–Trinajstić information content (AvgIpc) is 2.68. The van der Waals surface area contributed by atoms with Crippen LogP contribution in [0.3, 0.4) is 0 Å². The summed E-state index contributed by atoms with van der Waals surface area (Å²) in [6, 6.07) is 6.83. The van der Waals surface area contributed by atoms with Gasteiger partial charge in [-0.2, -0.15) is 0 Å². The number of hydrogen-bond acceptors (Lipinski definition) is 1. The molecule has 0 bridgehead atoms. The Balaban J connectivity index is 2.19. The van der Waals surface area contributed by atoms with Crippen molar-refractivity contribution in [3.05, 3.63) is 40.5 Å². The van der Waals surface area contributed by atoms with Gasteiger partial charge >= 0.3 is 0 Å². The summed E-state index contributed by atoms with van der Waals surface area (Å²) >= 11 is 3.45. The predicted octanol–water partition coefficient (Wildman–Crippen LogP) is 3.79. The molecule has 1 aliphatic rings. The van der Waals surface area contributed by atoms with Crippen molar-refractivity contribution in [1.82, 2.24) is 9.55 Å². The fraction of sp³-hybridized carbons (Fsp3) is 0.308. The van der Waals surface area contributed by atoms with Gasteiger partial charge in [-0.3, -0.25) is 0 Å². The van der Waals surface area contributed by atoms with Crippen LogP contribution in [0.5, 0.6) is 0 Å². The van der Waals surface area contributed by atoms with Crippen molar-refractivity contribution in [2.45, 2.75) is 25.8 Å². The number of hydrogen-bond donors (Lipinski definition) is 0. The third-order valence-electron chi connectivity index (χ3n) is 3.20. The van der Waals surface area contributed by atoms with Gasteiger partial charge in [0, 0.05) is 17.8 Å². The third-order valence-corrected chi connectivity index (χ3v) is 3.81. The Bertz CT molecular complexity index is 563. The molecule has 0 amide bonds. The van der Waals surface area contributed by atoms with E-state index in [0.717, 1.165) is 35.5 Å². The molecule has 0 fully saturated rings. The smallest absolute Gasteiger partial charge is 0.177 e. The number of fused-ring (bicyclic) bond motifs is 1. The highest BCUT2D eigenvalue weighted by molar-refractivity contribution is 9.10. The van der Waals surface area contributed by atoms with Crippen LogP contribution >= 0.6 is 15.9 Å². The molecule has 88 valence electrons. The van der Waals surface area contributed by atoms with E-state index in [4.69, 9.17) is 0 Å². The Morgan fingerprint density at radius 3 is 2.88 bits per heavy atom. The van der Waals surface area contributed by atoms with Gasteiger partial charge in [0.2, 0.25) is 0 Å². The maximum absolute atomic E-state index is 13.8. The second kappa shape index (κ2) is 4.26. The van der Waals surface area contributed by atoms with Crippen molar-refractivity contribution in [3.63, 3.8) is 0 Å². The lowest BCUT2D eigenvalue weighted by molar-refractivity contribution is 0.525. The van der Waals surface area contributed by atoms with Gasteiger partial charge in [0.1, 0.15) is 5.82 Å². The predicted molar refractivity (Wildman–Crippen MR) is 68.3 cm³/mol. The normalized spacial score (nSPS) is 14.7. The van der Waals surface area contributed by atoms with Gasteiger partial charge in [0.05, 0.1) is 5.69 Å². The van der Waals surface area contributed by atoms with Crippen LogP contribution in [0.4, 0.5) is 4.39 Å². The maximum Gasteiger partial charge on any atom is 0.177 e. The molecule has 0 N–H and O–H groups in total. The molecule has 17 heavy (non-hydrogen) atoms. The molecule has 0 saturated carbocycles. The molecule has 0 radical (unpaired) electrons. The Morgan fingerprint density at radius 1 is 1.24 bits per heavy atom. The van der Waals surface area contributed by atoms with Gasteiger partial charge in [0.25, 0.3) is 0 Å². The number of aromatic nitrogens is 2. The largest absolute Gasteiger partial charge is 0.322 e. The van der Waals surface area contributed by atoms with E-state index in [9.17, 15) is 4.39 Å². The molecule has 0 atom stereocenters. The van der Waals surface area contributed by atoms with Gasteiger partial charge in [0.15, 0.2) is 4.73 Å². The third kappa shape index (κ3) is 1.80. The van der Waals surface area contributed by atoms with Crippen LogP contribution in [0, 0.1) is 5.82 Å². The first-order chi connectivity index (χ1) is 8.27. The minimum absolute atomic E-state index is 0.202. The summed E-state index contributed by atoms with van der Waals surface area (Å²) in [7, 11) is 0. The zero-order valence-electron chi connectivity index (χ0n) is 9.29. The summed E-state index contributed by atoms with van der Waals surface area (Å²) in [4.78, 5) is 4.46. The second-order valence-electron chi connectivity index (χ2n) is 4.26. The molecule has 1 aromatic carbocycles. The Hall–Kier alpha value is -1.16. The molecule has 4 heteroatoms. The van der Waals surface area contributed by atoms with Crippen molar-refractivity contribution in [3.8, 4) is 11.3 Å². The van der Waals surface area contributed by atoms with E-state index >= 15 is 0 Å². The van der Waals surface area contributed by atoms with E-state index in [0.29, 0.717) is 5.56 Å². The lowest BCUT2D eigenvalue weighted by Gasteiger charge is -2.16. The lowest BCUT2D eigenvalue weighted by atomic mass is 10.0. The summed E-state index contributed by atoms with van der Waals surface area (Å²) in [5, 5.41) is 0. The van der Waals surface area contributed by atoms with Crippen molar-refractivity contribution in [2.24, 2.45) is 0 Å². The molecule has 2 nitrogen and oxygen atoms in total. The molecule has 1 aliphatic heterocycles. The molecule has 0 aliphatic carbocycles. The van der Waals surface area contributed by atoms with Crippen molar-refractivity contribution in [2.75, 3.05) is 0 Å². The highest BCUT2D eigenvalue weighted by Gasteiger charge is 2.21. The van der Waals surface area contributed by atoms with Gasteiger partial charge in [-0.05, 0) is 47.3 Å². The highest BCUT2D eigenvalue weighted by Crippen LogP contribution is 2.32. The standard InChI is InChI=1S/C13H12BrFN2/c14-13-16-12(9-5-1-2-6-10(9)15)11-7-3-4-8-17(11)13/h1-2,5-6H,3-4,7-8H2. The maximum atomic E-state index is 13.8. The zero-order valence-corrected chi connectivity index (χ0v) is 10.9. The Kier molecular flexibility index (Phi) is 2.74. The quantitative estimate of drug-likeness (QED) is 0.782. The first-order valence-corrected chi connectivity index (χ1v) is 6.56. The fourth-order valence-electron chi connectivity index (χ4n) is 2.37. The molecule has 1 aromatic heterocycles. The second-order valence-corrected chi connectivity index (χ2v) is 4.97. The lowest BCUT2D eigenvalue weighted by Crippen LogP contribution is -2.10. The molecule has 0 spiro atoms. The summed E-state index contributed by atoms with van der Waals surface area (Å²) in [5.41, 5.74) is 2.53. The molecule has 0 saturated heterocycles. The SMILES string of the molecule is Fc1ccccc1-c1nc(Br)n2c1CCCC2. The topological polar surface area (TPSA) is 17.8 Å². The molecule has 2 aromatic rings. The minimum atomic E-state index is -0.202.